The zero-order valence-electron chi connectivity index (χ0n) is 13.2. The van der Waals surface area contributed by atoms with Crippen molar-refractivity contribution in [2.24, 2.45) is 0 Å². The normalized spacial score (nSPS) is 10.5. The Bertz CT molecular complexity index is 882. The fourth-order valence-corrected chi connectivity index (χ4v) is 2.46. The minimum Gasteiger partial charge on any atom is -0.485 e. The van der Waals surface area contributed by atoms with E-state index in [4.69, 9.17) is 9.47 Å². The number of H-pyrrole nitrogens is 1. The van der Waals surface area contributed by atoms with Crippen molar-refractivity contribution in [1.29, 1.82) is 0 Å². The number of hydrogen-bond donors (Lipinski definition) is 1. The molecule has 0 fully saturated rings. The number of para-hydroxylation sites is 1. The van der Waals surface area contributed by atoms with Gasteiger partial charge >= 0.3 is 5.97 Å². The van der Waals surface area contributed by atoms with Crippen LogP contribution >= 0.6 is 0 Å². The van der Waals surface area contributed by atoms with Crippen molar-refractivity contribution in [2.45, 2.75) is 6.92 Å². The van der Waals surface area contributed by atoms with Gasteiger partial charge in [0.05, 0.1) is 12.2 Å². The van der Waals surface area contributed by atoms with Crippen molar-refractivity contribution in [3.8, 4) is 5.75 Å². The summed E-state index contributed by atoms with van der Waals surface area (Å²) in [6.07, 6.45) is 1.69. The maximum absolute atomic E-state index is 12.4. The number of Topliss-reactive ketones (excluding diaryl/α,β-unsaturated/α-hetero) is 1. The van der Waals surface area contributed by atoms with E-state index in [1.54, 1.807) is 37.4 Å². The highest BCUT2D eigenvalue weighted by Crippen LogP contribution is 2.19. The van der Waals surface area contributed by atoms with E-state index in [-0.39, 0.29) is 12.4 Å². The number of hydrogen-bond acceptors (Lipinski definition) is 4. The molecule has 0 spiro atoms. The maximum Gasteiger partial charge on any atom is 0.338 e. The van der Waals surface area contributed by atoms with Gasteiger partial charge in [0.2, 0.25) is 5.78 Å². The van der Waals surface area contributed by atoms with Gasteiger partial charge in [0.25, 0.3) is 0 Å². The predicted molar refractivity (Wildman–Crippen MR) is 90.5 cm³/mol. The van der Waals surface area contributed by atoms with E-state index in [2.05, 4.69) is 4.98 Å². The van der Waals surface area contributed by atoms with E-state index in [0.717, 1.165) is 10.9 Å². The Morgan fingerprint density at radius 1 is 1.08 bits per heavy atom. The Morgan fingerprint density at radius 2 is 1.92 bits per heavy atom. The average molecular weight is 323 g/mol. The van der Waals surface area contributed by atoms with Crippen LogP contribution in [0, 0.1) is 0 Å². The molecular weight excluding hydrogens is 306 g/mol. The summed E-state index contributed by atoms with van der Waals surface area (Å²) in [5.41, 5.74) is 1.89. The largest absolute Gasteiger partial charge is 0.485 e. The van der Waals surface area contributed by atoms with Crippen LogP contribution in [0.3, 0.4) is 0 Å². The molecule has 2 aromatic carbocycles. The zero-order valence-corrected chi connectivity index (χ0v) is 13.2. The van der Waals surface area contributed by atoms with Gasteiger partial charge in [-0.2, -0.15) is 0 Å². The molecule has 1 N–H and O–H groups in total. The van der Waals surface area contributed by atoms with Crippen LogP contribution in [0.5, 0.6) is 5.75 Å². The summed E-state index contributed by atoms with van der Waals surface area (Å²) in [5.74, 6) is -0.0892. The number of ketones is 1. The third-order valence-electron chi connectivity index (χ3n) is 3.60. The molecule has 0 aliphatic rings. The summed E-state index contributed by atoms with van der Waals surface area (Å²) in [4.78, 5) is 27.2. The van der Waals surface area contributed by atoms with E-state index in [9.17, 15) is 9.59 Å². The number of ether oxygens (including phenoxy) is 2. The Labute approximate surface area is 139 Å². The van der Waals surface area contributed by atoms with Gasteiger partial charge in [-0.3, -0.25) is 4.79 Å². The zero-order chi connectivity index (χ0) is 16.9. The number of carbonyl (C=O) groups is 2. The second kappa shape index (κ2) is 7.00. The van der Waals surface area contributed by atoms with Crippen LogP contribution in [-0.2, 0) is 4.74 Å². The van der Waals surface area contributed by atoms with Gasteiger partial charge < -0.3 is 14.5 Å². The van der Waals surface area contributed by atoms with Crippen LogP contribution in [0.4, 0.5) is 0 Å². The summed E-state index contributed by atoms with van der Waals surface area (Å²) in [6.45, 7) is 1.95. The van der Waals surface area contributed by atoms with Crippen LogP contribution in [0.15, 0.2) is 54.7 Å². The standard InChI is InChI=1S/C19H17NO4/c1-2-23-19(22)13-6-5-7-14(10-13)24-12-18(21)16-11-20-17-9-4-3-8-15(16)17/h3-11,20H,2,12H2,1H3. The van der Waals surface area contributed by atoms with Gasteiger partial charge in [0, 0.05) is 22.7 Å². The lowest BCUT2D eigenvalue weighted by molar-refractivity contribution is 0.0526. The third kappa shape index (κ3) is 3.30. The lowest BCUT2D eigenvalue weighted by Crippen LogP contribution is -2.11. The van der Waals surface area contributed by atoms with Crippen molar-refractivity contribution in [2.75, 3.05) is 13.2 Å². The number of esters is 1. The first-order valence-electron chi connectivity index (χ1n) is 7.68. The lowest BCUT2D eigenvalue weighted by atomic mass is 10.1. The Balaban J connectivity index is 1.70. The monoisotopic (exact) mass is 323 g/mol. The molecule has 1 heterocycles. The van der Waals surface area contributed by atoms with E-state index in [0.29, 0.717) is 23.5 Å². The number of benzene rings is 2. The number of aromatic amines is 1. The molecule has 24 heavy (non-hydrogen) atoms. The molecule has 0 unspecified atom stereocenters. The number of fused-ring (bicyclic) bond motifs is 1. The number of carbonyl (C=O) groups excluding carboxylic acids is 2. The summed E-state index contributed by atoms with van der Waals surface area (Å²) in [6, 6.07) is 14.2. The van der Waals surface area contributed by atoms with E-state index in [1.807, 2.05) is 24.3 Å². The molecule has 0 saturated heterocycles. The Morgan fingerprint density at radius 3 is 2.75 bits per heavy atom. The highest BCUT2D eigenvalue weighted by Gasteiger charge is 2.13. The van der Waals surface area contributed by atoms with Crippen LogP contribution < -0.4 is 4.74 Å². The van der Waals surface area contributed by atoms with Crippen LogP contribution in [0.2, 0.25) is 0 Å². The Hall–Kier alpha value is -3.08. The maximum atomic E-state index is 12.4. The highest BCUT2D eigenvalue weighted by molar-refractivity contribution is 6.08. The highest BCUT2D eigenvalue weighted by atomic mass is 16.5. The smallest absolute Gasteiger partial charge is 0.338 e. The molecule has 0 radical (unpaired) electrons. The molecule has 1 aromatic heterocycles. The van der Waals surface area contributed by atoms with Gasteiger partial charge in [-0.25, -0.2) is 4.79 Å². The van der Waals surface area contributed by atoms with Crippen LogP contribution in [0.1, 0.15) is 27.6 Å². The molecule has 5 heteroatoms. The van der Waals surface area contributed by atoms with Gasteiger partial charge in [0.1, 0.15) is 5.75 Å². The second-order valence-corrected chi connectivity index (χ2v) is 5.21. The van der Waals surface area contributed by atoms with Crippen LogP contribution in [-0.4, -0.2) is 30.0 Å². The van der Waals surface area contributed by atoms with Crippen molar-refractivity contribution in [3.63, 3.8) is 0 Å². The summed E-state index contributed by atoms with van der Waals surface area (Å²) in [7, 11) is 0. The van der Waals surface area contributed by atoms with Gasteiger partial charge in [-0.15, -0.1) is 0 Å². The number of rotatable bonds is 6. The molecular formula is C19H17NO4. The molecule has 0 bridgehead atoms. The first kappa shape index (κ1) is 15.8. The Kier molecular flexibility index (Phi) is 4.61. The molecule has 3 aromatic rings. The van der Waals surface area contributed by atoms with Gasteiger partial charge in [-0.1, -0.05) is 24.3 Å². The predicted octanol–water partition coefficient (Wildman–Crippen LogP) is 3.61. The fraction of sp³-hybridized carbons (Fsp3) is 0.158. The van der Waals surface area contributed by atoms with Crippen molar-refractivity contribution < 1.29 is 19.1 Å². The summed E-state index contributed by atoms with van der Waals surface area (Å²) >= 11 is 0. The minimum atomic E-state index is -0.411. The fourth-order valence-electron chi connectivity index (χ4n) is 2.46. The average Bonchev–Trinajstić information content (AvgIpc) is 3.04. The molecule has 3 rings (SSSR count). The van der Waals surface area contributed by atoms with Crippen molar-refractivity contribution >= 4 is 22.7 Å². The van der Waals surface area contributed by atoms with Gasteiger partial charge in [0.15, 0.2) is 6.61 Å². The minimum absolute atomic E-state index is 0.103. The third-order valence-corrected chi connectivity index (χ3v) is 3.60. The summed E-state index contributed by atoms with van der Waals surface area (Å²) in [5, 5.41) is 0.867. The quantitative estimate of drug-likeness (QED) is 0.556. The molecule has 0 aliphatic carbocycles. The van der Waals surface area contributed by atoms with Crippen molar-refractivity contribution in [1.82, 2.24) is 4.98 Å². The SMILES string of the molecule is CCOC(=O)c1cccc(OCC(=O)c2c[nH]c3ccccc23)c1. The molecule has 5 nitrogen and oxygen atoms in total. The molecule has 0 saturated carbocycles. The van der Waals surface area contributed by atoms with Gasteiger partial charge in [-0.05, 0) is 31.2 Å². The number of aromatic nitrogens is 1. The number of nitrogens with one attached hydrogen (secondary N) is 1. The van der Waals surface area contributed by atoms with E-state index < -0.39 is 5.97 Å². The van der Waals surface area contributed by atoms with E-state index in [1.165, 1.54) is 0 Å². The van der Waals surface area contributed by atoms with Crippen LogP contribution in [0.25, 0.3) is 10.9 Å². The lowest BCUT2D eigenvalue weighted by Gasteiger charge is -2.07. The topological polar surface area (TPSA) is 68.4 Å². The summed E-state index contributed by atoms with van der Waals surface area (Å²) < 4.78 is 10.5. The van der Waals surface area contributed by atoms with E-state index >= 15 is 0 Å². The molecule has 0 aliphatic heterocycles. The first-order chi connectivity index (χ1) is 11.7. The molecule has 122 valence electrons. The first-order valence-corrected chi connectivity index (χ1v) is 7.68. The molecule has 0 amide bonds. The molecule has 0 atom stereocenters. The second-order valence-electron chi connectivity index (χ2n) is 5.21. The van der Waals surface area contributed by atoms with Crippen molar-refractivity contribution in [3.05, 3.63) is 65.9 Å².